The molecule has 5 N–H and O–H groups in total. The van der Waals surface area contributed by atoms with E-state index in [9.17, 15) is 40.4 Å². The number of benzene rings is 1. The molecule has 1 aromatic carbocycles. The fourth-order valence-electron chi connectivity index (χ4n) is 5.84. The van der Waals surface area contributed by atoms with Crippen LogP contribution in [-0.4, -0.2) is 73.8 Å². The van der Waals surface area contributed by atoms with Crippen molar-refractivity contribution < 1.29 is 35.1 Å². The minimum absolute atomic E-state index is 0.0938. The van der Waals surface area contributed by atoms with Crippen molar-refractivity contribution in [2.24, 2.45) is 17.8 Å². The molecule has 0 saturated heterocycles. The van der Waals surface area contributed by atoms with Crippen LogP contribution in [0.4, 0.5) is 0 Å². The number of Topliss-reactive ketones (excluding diaryl/α,β-unsaturated/α-hetero) is 2. The molecular weight excluding hydrogens is 404 g/mol. The maximum atomic E-state index is 13.3. The number of aliphatic hydroxyl groups is 4. The number of carbonyl (C=O) groups excluding carboxylic acids is 2. The molecule has 7 atom stereocenters. The molecular formula is C22H24N2O7. The van der Waals surface area contributed by atoms with E-state index < -0.39 is 64.0 Å². The number of hydrogen-bond donors (Lipinski definition) is 5. The molecule has 0 radical (unpaired) electrons. The van der Waals surface area contributed by atoms with E-state index in [0.29, 0.717) is 0 Å². The van der Waals surface area contributed by atoms with Crippen molar-refractivity contribution in [3.8, 4) is 11.8 Å². The Hall–Kier alpha value is -2.77. The Bertz CT molecular complexity index is 1070. The van der Waals surface area contributed by atoms with E-state index in [2.05, 4.69) is 0 Å². The average molecular weight is 428 g/mol. The number of aliphatic hydroxyl groups excluding tert-OH is 2. The standard InChI is InChI=1S/C22H24N2O7/c1-21(30)10-5-4-6-13(25)14(10)18(27)15-11(21)7-12-16(24(2)3)17(26)9(8-23)19(28)22(12,31)20(15)29/h4-6,11-12,15-16,20,25,28-31H,7H2,1-3H3/t11?,12?,15?,16-,20?,21+,22+/m0/s1. The number of aromatic hydroxyl groups is 1. The van der Waals surface area contributed by atoms with Gasteiger partial charge in [-0.3, -0.25) is 14.5 Å². The zero-order valence-electron chi connectivity index (χ0n) is 17.3. The molecule has 4 rings (SSSR count). The van der Waals surface area contributed by atoms with Crippen LogP contribution < -0.4 is 0 Å². The van der Waals surface area contributed by atoms with Gasteiger partial charge in [0, 0.05) is 11.8 Å². The summed E-state index contributed by atoms with van der Waals surface area (Å²) in [5.74, 6) is -6.12. The van der Waals surface area contributed by atoms with Crippen LogP contribution in [0.1, 0.15) is 29.3 Å². The molecule has 9 heteroatoms. The highest BCUT2D eigenvalue weighted by molar-refractivity contribution is 6.06. The molecule has 4 unspecified atom stereocenters. The molecule has 3 aliphatic carbocycles. The van der Waals surface area contributed by atoms with Crippen LogP contribution in [0, 0.1) is 29.1 Å². The number of phenolic OH excluding ortho intramolecular Hbond substituents is 1. The number of hydrogen-bond acceptors (Lipinski definition) is 9. The molecule has 1 saturated carbocycles. The van der Waals surface area contributed by atoms with Crippen molar-refractivity contribution in [2.45, 2.75) is 36.7 Å². The number of fused-ring (bicyclic) bond motifs is 3. The third kappa shape index (κ3) is 2.50. The zero-order chi connectivity index (χ0) is 23.0. The summed E-state index contributed by atoms with van der Waals surface area (Å²) in [6, 6.07) is 4.82. The smallest absolute Gasteiger partial charge is 0.194 e. The summed E-state index contributed by atoms with van der Waals surface area (Å²) in [5.41, 5.74) is -4.77. The van der Waals surface area contributed by atoms with Gasteiger partial charge in [0.25, 0.3) is 0 Å². The van der Waals surface area contributed by atoms with Gasteiger partial charge in [0.15, 0.2) is 17.2 Å². The molecule has 9 nitrogen and oxygen atoms in total. The fourth-order valence-corrected chi connectivity index (χ4v) is 5.84. The molecule has 0 spiro atoms. The van der Waals surface area contributed by atoms with Gasteiger partial charge >= 0.3 is 0 Å². The monoisotopic (exact) mass is 428 g/mol. The van der Waals surface area contributed by atoms with E-state index in [0.717, 1.165) is 0 Å². The third-order valence-electron chi connectivity index (χ3n) is 7.34. The van der Waals surface area contributed by atoms with Crippen molar-refractivity contribution in [3.05, 3.63) is 40.7 Å². The second-order valence-electron chi connectivity index (χ2n) is 9.06. The Morgan fingerprint density at radius 1 is 1.13 bits per heavy atom. The van der Waals surface area contributed by atoms with Crippen molar-refractivity contribution in [1.82, 2.24) is 4.90 Å². The van der Waals surface area contributed by atoms with Crippen molar-refractivity contribution in [1.29, 1.82) is 5.26 Å². The van der Waals surface area contributed by atoms with Crippen LogP contribution in [0.3, 0.4) is 0 Å². The van der Waals surface area contributed by atoms with Crippen LogP contribution in [0.2, 0.25) is 0 Å². The number of rotatable bonds is 1. The Morgan fingerprint density at radius 3 is 2.35 bits per heavy atom. The molecule has 3 aliphatic rings. The van der Waals surface area contributed by atoms with Crippen LogP contribution in [0.15, 0.2) is 29.5 Å². The van der Waals surface area contributed by atoms with Gasteiger partial charge in [0.1, 0.15) is 29.3 Å². The van der Waals surface area contributed by atoms with Crippen LogP contribution in [0.25, 0.3) is 0 Å². The van der Waals surface area contributed by atoms with Crippen molar-refractivity contribution >= 4 is 11.6 Å². The molecule has 0 bridgehead atoms. The first-order valence-corrected chi connectivity index (χ1v) is 9.94. The number of ketones is 2. The van der Waals surface area contributed by atoms with Crippen molar-refractivity contribution in [2.75, 3.05) is 14.1 Å². The Morgan fingerprint density at radius 2 is 1.77 bits per heavy atom. The Labute approximate surface area is 178 Å². The molecule has 164 valence electrons. The van der Waals surface area contributed by atoms with Gasteiger partial charge < -0.3 is 25.5 Å². The molecule has 0 heterocycles. The summed E-state index contributed by atoms with van der Waals surface area (Å²) in [6.45, 7) is 1.46. The van der Waals surface area contributed by atoms with Gasteiger partial charge in [0.05, 0.1) is 23.1 Å². The number of nitrogens with zero attached hydrogens (tertiary/aromatic N) is 2. The highest BCUT2D eigenvalue weighted by Crippen LogP contribution is 2.57. The average Bonchev–Trinajstić information content (AvgIpc) is 2.69. The maximum absolute atomic E-state index is 13.3. The predicted molar refractivity (Wildman–Crippen MR) is 106 cm³/mol. The first-order valence-electron chi connectivity index (χ1n) is 9.94. The van der Waals surface area contributed by atoms with Crippen molar-refractivity contribution in [3.63, 3.8) is 0 Å². The second kappa shape index (κ2) is 6.61. The summed E-state index contributed by atoms with van der Waals surface area (Å²) >= 11 is 0. The van der Waals surface area contributed by atoms with E-state index in [1.807, 2.05) is 0 Å². The zero-order valence-corrected chi connectivity index (χ0v) is 17.3. The predicted octanol–water partition coefficient (Wildman–Crippen LogP) is -0.0111. The lowest BCUT2D eigenvalue weighted by Crippen LogP contribution is -2.70. The van der Waals surface area contributed by atoms with E-state index in [4.69, 9.17) is 0 Å². The van der Waals surface area contributed by atoms with Gasteiger partial charge in [-0.15, -0.1) is 0 Å². The van der Waals surface area contributed by atoms with Gasteiger partial charge in [-0.05, 0) is 39.1 Å². The molecule has 0 amide bonds. The highest BCUT2D eigenvalue weighted by atomic mass is 16.4. The van der Waals surface area contributed by atoms with Gasteiger partial charge in [-0.2, -0.15) is 5.26 Å². The van der Waals surface area contributed by atoms with Gasteiger partial charge in [-0.25, -0.2) is 0 Å². The summed E-state index contributed by atoms with van der Waals surface area (Å²) in [6.07, 6.45) is -2.02. The minimum Gasteiger partial charge on any atom is -0.508 e. The first-order chi connectivity index (χ1) is 14.4. The van der Waals surface area contributed by atoms with E-state index in [1.165, 1.54) is 30.0 Å². The molecule has 1 aromatic rings. The highest BCUT2D eigenvalue weighted by Gasteiger charge is 2.68. The fraction of sp³-hybridized carbons (Fsp3) is 0.500. The van der Waals surface area contributed by atoms with E-state index in [1.54, 1.807) is 20.2 Å². The normalized spacial score (nSPS) is 39.6. The molecule has 0 aromatic heterocycles. The van der Waals surface area contributed by atoms with Gasteiger partial charge in [-0.1, -0.05) is 12.1 Å². The molecule has 31 heavy (non-hydrogen) atoms. The van der Waals surface area contributed by atoms with Crippen LogP contribution >= 0.6 is 0 Å². The minimum atomic E-state index is -2.46. The first kappa shape index (κ1) is 21.5. The lowest BCUT2D eigenvalue weighted by molar-refractivity contribution is -0.204. The SMILES string of the molecule is CN(C)[C@@H]1C(=O)C(C#N)=C(O)[C@@]2(O)C(O)C3C(=O)c4c(O)cccc4[C@@](C)(O)C3CC12. The Kier molecular flexibility index (Phi) is 4.58. The summed E-state index contributed by atoms with van der Waals surface area (Å²) in [7, 11) is 3.13. The number of phenols is 1. The summed E-state index contributed by atoms with van der Waals surface area (Å²) in [4.78, 5) is 27.7. The molecule has 0 aliphatic heterocycles. The maximum Gasteiger partial charge on any atom is 0.194 e. The van der Waals surface area contributed by atoms with Crippen LogP contribution in [0.5, 0.6) is 5.75 Å². The number of likely N-dealkylation sites (N-methyl/N-ethyl adjacent to an activating group) is 1. The quantitative estimate of drug-likeness (QED) is 0.414. The largest absolute Gasteiger partial charge is 0.508 e. The summed E-state index contributed by atoms with van der Waals surface area (Å²) < 4.78 is 0. The third-order valence-corrected chi connectivity index (χ3v) is 7.34. The lowest BCUT2D eigenvalue weighted by atomic mass is 9.51. The Balaban J connectivity index is 1.97. The number of carbonyl (C=O) groups is 2. The number of nitriles is 1. The van der Waals surface area contributed by atoms with Gasteiger partial charge in [0.2, 0.25) is 0 Å². The van der Waals surface area contributed by atoms with Crippen LogP contribution in [-0.2, 0) is 10.4 Å². The second-order valence-corrected chi connectivity index (χ2v) is 9.06. The lowest BCUT2D eigenvalue weighted by Gasteiger charge is -2.57. The topological polar surface area (TPSA) is 162 Å². The van der Waals surface area contributed by atoms with E-state index in [-0.39, 0.29) is 23.3 Å². The van der Waals surface area contributed by atoms with E-state index >= 15 is 0 Å². The molecule has 1 fully saturated rings. The summed E-state index contributed by atoms with van der Waals surface area (Å²) in [5, 5.41) is 64.6.